The quantitative estimate of drug-likeness (QED) is 0.393. The smallest absolute Gasteiger partial charge is 0.274 e. The van der Waals surface area contributed by atoms with E-state index in [2.05, 4.69) is 20.7 Å². The minimum absolute atomic E-state index is 0.187. The molecule has 4 aromatic rings. The summed E-state index contributed by atoms with van der Waals surface area (Å²) in [6.07, 6.45) is 3.24. The number of hydrogen-bond donors (Lipinski definition) is 3. The van der Waals surface area contributed by atoms with Crippen molar-refractivity contribution in [3.63, 3.8) is 0 Å². The van der Waals surface area contributed by atoms with Gasteiger partial charge in [0.1, 0.15) is 11.2 Å². The molecule has 34 heavy (non-hydrogen) atoms. The van der Waals surface area contributed by atoms with Gasteiger partial charge in [-0.05, 0) is 32.4 Å². The Bertz CT molecular complexity index is 1410. The number of aromatic nitrogens is 4. The minimum Gasteiger partial charge on any atom is -0.352 e. The van der Waals surface area contributed by atoms with Crippen molar-refractivity contribution in [2.75, 3.05) is 13.1 Å². The van der Waals surface area contributed by atoms with Crippen molar-refractivity contribution in [3.05, 3.63) is 76.0 Å². The van der Waals surface area contributed by atoms with E-state index >= 15 is 0 Å². The fourth-order valence-electron chi connectivity index (χ4n) is 4.12. The lowest BCUT2D eigenvalue weighted by Crippen LogP contribution is -2.24. The van der Waals surface area contributed by atoms with Gasteiger partial charge in [-0.1, -0.05) is 30.3 Å². The Morgan fingerprint density at radius 2 is 1.76 bits per heavy atom. The average molecular weight is 461 g/mol. The van der Waals surface area contributed by atoms with Gasteiger partial charge in [-0.2, -0.15) is 5.10 Å². The second-order valence-electron chi connectivity index (χ2n) is 8.09. The van der Waals surface area contributed by atoms with Crippen LogP contribution in [0.4, 0.5) is 0 Å². The number of carbonyl (C=O) groups is 2. The third-order valence-corrected chi connectivity index (χ3v) is 5.83. The van der Waals surface area contributed by atoms with Crippen LogP contribution in [0.3, 0.4) is 0 Å². The number of hydrogen-bond acceptors (Lipinski definition) is 4. The van der Waals surface area contributed by atoms with Gasteiger partial charge < -0.3 is 20.2 Å². The van der Waals surface area contributed by atoms with E-state index in [1.165, 1.54) is 4.57 Å². The van der Waals surface area contributed by atoms with Crippen molar-refractivity contribution in [2.45, 2.75) is 26.8 Å². The molecule has 0 aliphatic rings. The van der Waals surface area contributed by atoms with E-state index in [4.69, 9.17) is 0 Å². The van der Waals surface area contributed by atoms with E-state index in [-0.39, 0.29) is 29.1 Å². The molecule has 0 radical (unpaired) electrons. The molecule has 0 fully saturated rings. The van der Waals surface area contributed by atoms with Crippen LogP contribution in [0.1, 0.15) is 53.2 Å². The first-order valence-corrected chi connectivity index (χ1v) is 11.3. The Morgan fingerprint density at radius 3 is 2.44 bits per heavy atom. The number of H-pyrrole nitrogens is 1. The van der Waals surface area contributed by atoms with Crippen molar-refractivity contribution in [1.82, 2.24) is 30.0 Å². The highest BCUT2D eigenvalue weighted by atomic mass is 16.2. The predicted octanol–water partition coefficient (Wildman–Crippen LogP) is 2.84. The highest BCUT2D eigenvalue weighted by Crippen LogP contribution is 2.33. The summed E-state index contributed by atoms with van der Waals surface area (Å²) in [6.45, 7) is 6.61. The number of pyridine rings is 1. The molecule has 0 aliphatic heterocycles. The Labute approximate surface area is 196 Å². The predicted molar refractivity (Wildman–Crippen MR) is 131 cm³/mol. The minimum atomic E-state index is -0.304. The van der Waals surface area contributed by atoms with E-state index in [9.17, 15) is 14.4 Å². The van der Waals surface area contributed by atoms with Crippen LogP contribution in [0.5, 0.6) is 0 Å². The van der Waals surface area contributed by atoms with Crippen LogP contribution in [0.25, 0.3) is 22.2 Å². The molecule has 1 aromatic carbocycles. The van der Waals surface area contributed by atoms with Gasteiger partial charge in [0.05, 0.1) is 23.5 Å². The zero-order chi connectivity index (χ0) is 24.4. The van der Waals surface area contributed by atoms with Gasteiger partial charge in [-0.15, -0.1) is 0 Å². The summed E-state index contributed by atoms with van der Waals surface area (Å²) < 4.78 is 3.24. The number of aryl methyl sites for hydroxylation is 1. The van der Waals surface area contributed by atoms with Gasteiger partial charge in [-0.3, -0.25) is 19.1 Å². The van der Waals surface area contributed by atoms with Crippen LogP contribution in [-0.4, -0.2) is 44.2 Å². The van der Waals surface area contributed by atoms with Crippen molar-refractivity contribution < 1.29 is 9.59 Å². The zero-order valence-electron chi connectivity index (χ0n) is 19.7. The SMILES string of the molecule is CCNC(=O)c1cc2c(-c3c(C(=O)NCC)cnn3C(C)c3ccccc3)cn(C)c(=O)c2[nH]1. The highest BCUT2D eigenvalue weighted by molar-refractivity contribution is 6.06. The Hall–Kier alpha value is -4.14. The van der Waals surface area contributed by atoms with Gasteiger partial charge in [0.2, 0.25) is 0 Å². The molecule has 0 saturated heterocycles. The van der Waals surface area contributed by atoms with Crippen LogP contribution < -0.4 is 16.2 Å². The lowest BCUT2D eigenvalue weighted by atomic mass is 10.0. The van der Waals surface area contributed by atoms with Gasteiger partial charge in [0.25, 0.3) is 17.4 Å². The number of benzene rings is 1. The second kappa shape index (κ2) is 9.38. The average Bonchev–Trinajstić information content (AvgIpc) is 3.47. The summed E-state index contributed by atoms with van der Waals surface area (Å²) in [5.41, 5.74) is 2.93. The van der Waals surface area contributed by atoms with E-state index in [1.54, 1.807) is 30.2 Å². The van der Waals surface area contributed by atoms with Crippen molar-refractivity contribution in [2.24, 2.45) is 7.05 Å². The molecule has 3 aromatic heterocycles. The molecule has 3 heterocycles. The van der Waals surface area contributed by atoms with Crippen LogP contribution >= 0.6 is 0 Å². The monoisotopic (exact) mass is 460 g/mol. The highest BCUT2D eigenvalue weighted by Gasteiger charge is 2.26. The third kappa shape index (κ3) is 4.00. The summed E-state index contributed by atoms with van der Waals surface area (Å²) >= 11 is 0. The number of nitrogens with one attached hydrogen (secondary N) is 3. The van der Waals surface area contributed by atoms with E-state index in [0.29, 0.717) is 40.8 Å². The summed E-state index contributed by atoms with van der Waals surface area (Å²) in [5, 5.41) is 10.7. The summed E-state index contributed by atoms with van der Waals surface area (Å²) in [5.74, 6) is -0.563. The van der Waals surface area contributed by atoms with Gasteiger partial charge in [0.15, 0.2) is 0 Å². The molecule has 2 amide bonds. The molecule has 0 spiro atoms. The van der Waals surface area contributed by atoms with E-state index in [1.807, 2.05) is 51.1 Å². The van der Waals surface area contributed by atoms with Crippen LogP contribution in [0.2, 0.25) is 0 Å². The molecule has 4 rings (SSSR count). The fourth-order valence-corrected chi connectivity index (χ4v) is 4.12. The maximum absolute atomic E-state index is 13.0. The Kier molecular flexibility index (Phi) is 6.36. The van der Waals surface area contributed by atoms with Crippen molar-refractivity contribution in [3.8, 4) is 11.3 Å². The summed E-state index contributed by atoms with van der Waals surface area (Å²) in [7, 11) is 1.64. The molecule has 1 atom stereocenters. The van der Waals surface area contributed by atoms with E-state index < -0.39 is 0 Å². The number of aromatic amines is 1. The number of rotatable bonds is 7. The lowest BCUT2D eigenvalue weighted by molar-refractivity contribution is 0.0945. The molecule has 9 nitrogen and oxygen atoms in total. The standard InChI is InChI=1S/C25H28N6O3/c1-5-26-23(32)18-13-28-31(15(3)16-10-8-7-9-11-16)22(18)19-14-30(4)25(34)21-17(19)12-20(29-21)24(33)27-6-2/h7-15,29H,5-6H2,1-4H3,(H,26,32)(H,27,33). The molecule has 0 aliphatic carbocycles. The molecule has 9 heteroatoms. The van der Waals surface area contributed by atoms with Gasteiger partial charge in [0, 0.05) is 37.3 Å². The number of carbonyl (C=O) groups excluding carboxylic acids is 2. The largest absolute Gasteiger partial charge is 0.352 e. The van der Waals surface area contributed by atoms with Gasteiger partial charge >= 0.3 is 0 Å². The maximum Gasteiger partial charge on any atom is 0.274 e. The number of nitrogens with zero attached hydrogens (tertiary/aromatic N) is 3. The van der Waals surface area contributed by atoms with Crippen LogP contribution in [-0.2, 0) is 7.05 Å². The molecule has 0 bridgehead atoms. The third-order valence-electron chi connectivity index (χ3n) is 5.83. The molecule has 176 valence electrons. The molecule has 3 N–H and O–H groups in total. The Morgan fingerprint density at radius 1 is 1.09 bits per heavy atom. The number of amides is 2. The summed E-state index contributed by atoms with van der Waals surface area (Å²) in [4.78, 5) is 41.4. The first-order chi connectivity index (χ1) is 16.4. The van der Waals surface area contributed by atoms with Crippen molar-refractivity contribution >= 4 is 22.7 Å². The molecular weight excluding hydrogens is 432 g/mol. The van der Waals surface area contributed by atoms with Crippen molar-refractivity contribution in [1.29, 1.82) is 0 Å². The molecular formula is C25H28N6O3. The van der Waals surface area contributed by atoms with Crippen LogP contribution in [0.15, 0.2) is 53.6 Å². The lowest BCUT2D eigenvalue weighted by Gasteiger charge is -2.18. The Balaban J connectivity index is 2.00. The fraction of sp³-hybridized carbons (Fsp3) is 0.280. The molecule has 1 unspecified atom stereocenters. The number of fused-ring (bicyclic) bond motifs is 1. The van der Waals surface area contributed by atoms with E-state index in [0.717, 1.165) is 5.56 Å². The topological polar surface area (TPSA) is 114 Å². The zero-order valence-corrected chi connectivity index (χ0v) is 19.7. The maximum atomic E-state index is 13.0. The summed E-state index contributed by atoms with van der Waals surface area (Å²) in [6, 6.07) is 11.3. The second-order valence-corrected chi connectivity index (χ2v) is 8.09. The van der Waals surface area contributed by atoms with Gasteiger partial charge in [-0.25, -0.2) is 0 Å². The first kappa shape index (κ1) is 23.0. The normalized spacial score (nSPS) is 12.0. The first-order valence-electron chi connectivity index (χ1n) is 11.3. The molecule has 0 saturated carbocycles. The van der Waals surface area contributed by atoms with Crippen LogP contribution in [0, 0.1) is 0 Å².